The quantitative estimate of drug-likeness (QED) is 0.525. The summed E-state index contributed by atoms with van der Waals surface area (Å²) < 4.78 is 43.4. The van der Waals surface area contributed by atoms with E-state index in [-0.39, 0.29) is 16.4 Å². The van der Waals surface area contributed by atoms with E-state index in [1.807, 2.05) is 24.3 Å². The van der Waals surface area contributed by atoms with Crippen molar-refractivity contribution in [1.29, 1.82) is 0 Å². The second-order valence-corrected chi connectivity index (χ2v) is 5.59. The van der Waals surface area contributed by atoms with Crippen LogP contribution in [0.15, 0.2) is 48.8 Å². The fourth-order valence-electron chi connectivity index (χ4n) is 2.48. The van der Waals surface area contributed by atoms with Gasteiger partial charge < -0.3 is 4.74 Å². The number of halogens is 4. The minimum absolute atomic E-state index is 0.0778. The first kappa shape index (κ1) is 15.6. The Labute approximate surface area is 143 Å². The van der Waals surface area contributed by atoms with Gasteiger partial charge in [0.2, 0.25) is 0 Å². The molecule has 0 aliphatic heterocycles. The Kier molecular flexibility index (Phi) is 3.50. The van der Waals surface area contributed by atoms with Crippen LogP contribution in [0.5, 0.6) is 5.75 Å². The van der Waals surface area contributed by atoms with Crippen molar-refractivity contribution in [3.05, 3.63) is 53.8 Å². The molecule has 0 spiro atoms. The van der Waals surface area contributed by atoms with Crippen LogP contribution in [0.3, 0.4) is 0 Å². The molecular weight excluding hydrogens is 357 g/mol. The first-order valence-corrected chi connectivity index (χ1v) is 7.44. The monoisotopic (exact) mass is 364 g/mol. The van der Waals surface area contributed by atoms with Crippen LogP contribution in [-0.2, 0) is 0 Å². The van der Waals surface area contributed by atoms with E-state index in [1.165, 1.54) is 23.0 Å². The SMILES string of the molecule is FC(F)(F)Oc1cc(Cl)ccc1-c1nc2c3ccccc3ncn2n1. The normalized spacial score (nSPS) is 12.0. The number of benzene rings is 2. The van der Waals surface area contributed by atoms with Gasteiger partial charge in [-0.1, -0.05) is 23.7 Å². The Bertz CT molecular complexity index is 1090. The minimum atomic E-state index is -4.85. The fourth-order valence-corrected chi connectivity index (χ4v) is 2.65. The van der Waals surface area contributed by atoms with Crippen molar-refractivity contribution >= 4 is 28.2 Å². The molecule has 0 amide bonds. The van der Waals surface area contributed by atoms with E-state index in [0.29, 0.717) is 11.2 Å². The third-order valence-electron chi connectivity index (χ3n) is 3.49. The summed E-state index contributed by atoms with van der Waals surface area (Å²) in [6.07, 6.45) is -3.40. The largest absolute Gasteiger partial charge is 0.573 e. The summed E-state index contributed by atoms with van der Waals surface area (Å²) in [5.74, 6) is -0.387. The number of hydrogen-bond donors (Lipinski definition) is 0. The summed E-state index contributed by atoms with van der Waals surface area (Å²) in [6, 6.07) is 11.2. The van der Waals surface area contributed by atoms with Gasteiger partial charge in [0.05, 0.1) is 11.1 Å². The molecule has 4 rings (SSSR count). The van der Waals surface area contributed by atoms with E-state index in [9.17, 15) is 13.2 Å². The van der Waals surface area contributed by atoms with Gasteiger partial charge in [-0.15, -0.1) is 18.3 Å². The van der Waals surface area contributed by atoms with Gasteiger partial charge >= 0.3 is 6.36 Å². The Morgan fingerprint density at radius 1 is 1.08 bits per heavy atom. The second-order valence-electron chi connectivity index (χ2n) is 5.15. The first-order valence-electron chi connectivity index (χ1n) is 7.06. The first-order chi connectivity index (χ1) is 11.9. The molecule has 0 aliphatic carbocycles. The molecule has 0 unspecified atom stereocenters. The van der Waals surface area contributed by atoms with E-state index >= 15 is 0 Å². The maximum Gasteiger partial charge on any atom is 0.573 e. The Hall–Kier alpha value is -2.87. The predicted molar refractivity (Wildman–Crippen MR) is 85.4 cm³/mol. The van der Waals surface area contributed by atoms with Crippen molar-refractivity contribution in [3.8, 4) is 17.1 Å². The average molecular weight is 365 g/mol. The molecule has 4 aromatic rings. The standard InChI is InChI=1S/C16H8ClF3N4O/c17-9-5-6-11(13(7-9)25-16(18,19)20)14-22-15-10-3-1-2-4-12(10)21-8-24(15)23-14/h1-8H. The Morgan fingerprint density at radius 3 is 2.68 bits per heavy atom. The number of hydrogen-bond acceptors (Lipinski definition) is 4. The molecule has 0 radical (unpaired) electrons. The van der Waals surface area contributed by atoms with Gasteiger partial charge in [-0.05, 0) is 30.3 Å². The molecule has 2 heterocycles. The molecule has 0 saturated heterocycles. The van der Waals surface area contributed by atoms with Gasteiger partial charge in [0, 0.05) is 10.4 Å². The minimum Gasteiger partial charge on any atom is -0.405 e. The van der Waals surface area contributed by atoms with Crippen LogP contribution < -0.4 is 4.74 Å². The van der Waals surface area contributed by atoms with Crippen molar-refractivity contribution in [2.24, 2.45) is 0 Å². The number of aromatic nitrogens is 4. The lowest BCUT2D eigenvalue weighted by Gasteiger charge is -2.11. The van der Waals surface area contributed by atoms with Crippen molar-refractivity contribution in [1.82, 2.24) is 19.6 Å². The number of para-hydroxylation sites is 1. The molecule has 0 fully saturated rings. The third-order valence-corrected chi connectivity index (χ3v) is 3.73. The molecular formula is C16H8ClF3N4O. The van der Waals surface area contributed by atoms with E-state index in [4.69, 9.17) is 11.6 Å². The molecule has 9 heteroatoms. The van der Waals surface area contributed by atoms with E-state index in [0.717, 1.165) is 11.5 Å². The molecule has 0 atom stereocenters. The third kappa shape index (κ3) is 2.96. The number of fused-ring (bicyclic) bond motifs is 3. The van der Waals surface area contributed by atoms with Crippen LogP contribution >= 0.6 is 11.6 Å². The molecule has 25 heavy (non-hydrogen) atoms. The number of nitrogens with zero attached hydrogens (tertiary/aromatic N) is 4. The summed E-state index contributed by atoms with van der Waals surface area (Å²) in [6.45, 7) is 0. The van der Waals surface area contributed by atoms with Crippen LogP contribution in [0.25, 0.3) is 27.9 Å². The zero-order valence-corrected chi connectivity index (χ0v) is 13.1. The van der Waals surface area contributed by atoms with Gasteiger partial charge in [0.25, 0.3) is 0 Å². The number of rotatable bonds is 2. The molecule has 0 aliphatic rings. The highest BCUT2D eigenvalue weighted by molar-refractivity contribution is 6.30. The maximum atomic E-state index is 12.7. The smallest absolute Gasteiger partial charge is 0.405 e. The number of alkyl halides is 3. The molecule has 2 aromatic heterocycles. The van der Waals surface area contributed by atoms with Crippen LogP contribution in [0.1, 0.15) is 0 Å². The highest BCUT2D eigenvalue weighted by Gasteiger charge is 2.33. The number of ether oxygens (including phenoxy) is 1. The molecule has 126 valence electrons. The highest BCUT2D eigenvalue weighted by atomic mass is 35.5. The van der Waals surface area contributed by atoms with Crippen LogP contribution in [-0.4, -0.2) is 25.9 Å². The summed E-state index contributed by atoms with van der Waals surface area (Å²) >= 11 is 5.79. The Morgan fingerprint density at radius 2 is 1.88 bits per heavy atom. The topological polar surface area (TPSA) is 52.3 Å². The highest BCUT2D eigenvalue weighted by Crippen LogP contribution is 2.35. The lowest BCUT2D eigenvalue weighted by molar-refractivity contribution is -0.274. The Balaban J connectivity index is 1.91. The lowest BCUT2D eigenvalue weighted by atomic mass is 10.2. The van der Waals surface area contributed by atoms with Crippen molar-refractivity contribution in [2.45, 2.75) is 6.36 Å². The van der Waals surface area contributed by atoms with Crippen molar-refractivity contribution in [3.63, 3.8) is 0 Å². The summed E-state index contributed by atoms with van der Waals surface area (Å²) in [5, 5.41) is 5.05. The van der Waals surface area contributed by atoms with Gasteiger partial charge in [-0.3, -0.25) is 0 Å². The zero-order valence-electron chi connectivity index (χ0n) is 12.3. The summed E-state index contributed by atoms with van der Waals surface area (Å²) in [4.78, 5) is 8.59. The molecule has 0 N–H and O–H groups in total. The van der Waals surface area contributed by atoms with Crippen molar-refractivity contribution < 1.29 is 17.9 Å². The average Bonchev–Trinajstić information content (AvgIpc) is 2.97. The van der Waals surface area contributed by atoms with Crippen LogP contribution in [0.4, 0.5) is 13.2 Å². The lowest BCUT2D eigenvalue weighted by Crippen LogP contribution is -2.17. The van der Waals surface area contributed by atoms with E-state index in [2.05, 4.69) is 19.8 Å². The van der Waals surface area contributed by atoms with Crippen LogP contribution in [0, 0.1) is 0 Å². The second kappa shape index (κ2) is 5.59. The summed E-state index contributed by atoms with van der Waals surface area (Å²) in [7, 11) is 0. The fraction of sp³-hybridized carbons (Fsp3) is 0.0625. The molecule has 5 nitrogen and oxygen atoms in total. The predicted octanol–water partition coefficient (Wildman–Crippen LogP) is 4.50. The van der Waals surface area contributed by atoms with E-state index in [1.54, 1.807) is 0 Å². The van der Waals surface area contributed by atoms with Gasteiger partial charge in [0.15, 0.2) is 11.5 Å². The molecule has 0 saturated carbocycles. The molecule has 0 bridgehead atoms. The van der Waals surface area contributed by atoms with Gasteiger partial charge in [-0.2, -0.15) is 0 Å². The van der Waals surface area contributed by atoms with E-state index < -0.39 is 12.1 Å². The maximum absolute atomic E-state index is 12.7. The van der Waals surface area contributed by atoms with Crippen LogP contribution in [0.2, 0.25) is 5.02 Å². The van der Waals surface area contributed by atoms with Gasteiger partial charge in [-0.25, -0.2) is 14.5 Å². The van der Waals surface area contributed by atoms with Gasteiger partial charge in [0.1, 0.15) is 12.1 Å². The zero-order chi connectivity index (χ0) is 17.6. The van der Waals surface area contributed by atoms with Crippen molar-refractivity contribution in [2.75, 3.05) is 0 Å². The molecule has 2 aromatic carbocycles. The summed E-state index contributed by atoms with van der Waals surface area (Å²) in [5.41, 5.74) is 1.26.